The van der Waals surface area contributed by atoms with E-state index in [9.17, 15) is 30.0 Å². The van der Waals surface area contributed by atoms with Crippen molar-refractivity contribution in [2.75, 3.05) is 6.61 Å². The van der Waals surface area contributed by atoms with Crippen molar-refractivity contribution >= 4 is 18.0 Å². The number of rotatable bonds is 7. The van der Waals surface area contributed by atoms with E-state index in [1.807, 2.05) is 6.92 Å². The number of aliphatic hydroxyl groups is 3. The number of aliphatic hydroxyl groups excluding tert-OH is 2. The van der Waals surface area contributed by atoms with E-state index in [1.54, 1.807) is 12.1 Å². The monoisotopic (exact) mass is 394 g/mol. The van der Waals surface area contributed by atoms with Crippen LogP contribution in [0.4, 0.5) is 0 Å². The third kappa shape index (κ3) is 5.79. The number of carbonyl (C=O) groups excluding carboxylic acids is 2. The molecule has 0 spiro atoms. The van der Waals surface area contributed by atoms with E-state index >= 15 is 0 Å². The van der Waals surface area contributed by atoms with Gasteiger partial charge in [0.05, 0.1) is 12.7 Å². The van der Waals surface area contributed by atoms with Crippen LogP contribution >= 0.6 is 0 Å². The lowest BCUT2D eigenvalue weighted by molar-refractivity contribution is -0.200. The van der Waals surface area contributed by atoms with Crippen LogP contribution in [0.5, 0.6) is 5.75 Å². The summed E-state index contributed by atoms with van der Waals surface area (Å²) in [6.45, 7) is 2.06. The lowest BCUT2D eigenvalue weighted by Gasteiger charge is -2.39. The van der Waals surface area contributed by atoms with Crippen LogP contribution in [0.2, 0.25) is 0 Å². The van der Waals surface area contributed by atoms with Crippen molar-refractivity contribution in [1.29, 1.82) is 0 Å². The first-order valence-electron chi connectivity index (χ1n) is 9.18. The minimum absolute atomic E-state index is 0.0872. The second kappa shape index (κ2) is 9.68. The van der Waals surface area contributed by atoms with Gasteiger partial charge in [0.1, 0.15) is 18.0 Å². The number of esters is 2. The van der Waals surface area contributed by atoms with Gasteiger partial charge in [0.2, 0.25) is 0 Å². The quantitative estimate of drug-likeness (QED) is 0.305. The number of phenols is 1. The van der Waals surface area contributed by atoms with Crippen molar-refractivity contribution in [2.24, 2.45) is 0 Å². The Morgan fingerprint density at radius 1 is 1.21 bits per heavy atom. The van der Waals surface area contributed by atoms with Crippen LogP contribution in [-0.4, -0.2) is 62.9 Å². The molecule has 1 aromatic rings. The first-order chi connectivity index (χ1) is 13.2. The number of carbonyl (C=O) groups is 2. The summed E-state index contributed by atoms with van der Waals surface area (Å²) in [6.07, 6.45) is -0.952. The number of aromatic hydroxyl groups is 1. The van der Waals surface area contributed by atoms with Gasteiger partial charge in [-0.15, -0.1) is 0 Å². The number of phenolic OH excluding ortho intramolecular Hbond substituents is 1. The van der Waals surface area contributed by atoms with Gasteiger partial charge < -0.3 is 29.9 Å². The van der Waals surface area contributed by atoms with Gasteiger partial charge in [0, 0.05) is 18.9 Å². The lowest BCUT2D eigenvalue weighted by atomic mass is 9.79. The number of ether oxygens (including phenoxy) is 2. The molecule has 1 saturated carbocycles. The minimum Gasteiger partial charge on any atom is -0.508 e. The van der Waals surface area contributed by atoms with Gasteiger partial charge in [0.25, 0.3) is 0 Å². The largest absolute Gasteiger partial charge is 0.508 e. The molecule has 0 saturated heterocycles. The summed E-state index contributed by atoms with van der Waals surface area (Å²) in [5.41, 5.74) is -1.41. The third-order valence-corrected chi connectivity index (χ3v) is 4.54. The average Bonchev–Trinajstić information content (AvgIpc) is 2.65. The van der Waals surface area contributed by atoms with E-state index in [-0.39, 0.29) is 18.8 Å². The number of benzene rings is 1. The smallest absolute Gasteiger partial charge is 0.338 e. The third-order valence-electron chi connectivity index (χ3n) is 4.54. The molecule has 0 aromatic heterocycles. The maximum Gasteiger partial charge on any atom is 0.338 e. The average molecular weight is 394 g/mol. The molecule has 154 valence electrons. The predicted molar refractivity (Wildman–Crippen MR) is 99.1 cm³/mol. The van der Waals surface area contributed by atoms with Gasteiger partial charge in [-0.2, -0.15) is 0 Å². The molecule has 0 heterocycles. The number of unbranched alkanes of at least 4 members (excludes halogenated alkanes) is 1. The van der Waals surface area contributed by atoms with Gasteiger partial charge in [-0.3, -0.25) is 0 Å². The maximum absolute atomic E-state index is 12.2. The van der Waals surface area contributed by atoms with Crippen LogP contribution in [0.15, 0.2) is 30.3 Å². The zero-order valence-electron chi connectivity index (χ0n) is 15.7. The molecule has 8 nitrogen and oxygen atoms in total. The molecule has 1 aromatic carbocycles. The second-order valence-corrected chi connectivity index (χ2v) is 6.89. The van der Waals surface area contributed by atoms with Crippen molar-refractivity contribution in [2.45, 2.75) is 56.5 Å². The lowest BCUT2D eigenvalue weighted by Crippen LogP contribution is -2.57. The van der Waals surface area contributed by atoms with Crippen LogP contribution < -0.4 is 0 Å². The summed E-state index contributed by atoms with van der Waals surface area (Å²) in [5.74, 6) is -1.63. The van der Waals surface area contributed by atoms with Crippen LogP contribution in [0.3, 0.4) is 0 Å². The van der Waals surface area contributed by atoms with Crippen LogP contribution in [0.25, 0.3) is 6.08 Å². The van der Waals surface area contributed by atoms with Crippen LogP contribution in [-0.2, 0) is 19.1 Å². The maximum atomic E-state index is 12.2. The molecule has 1 aliphatic carbocycles. The van der Waals surface area contributed by atoms with Gasteiger partial charge in [-0.25, -0.2) is 9.59 Å². The fourth-order valence-corrected chi connectivity index (χ4v) is 2.91. The second-order valence-electron chi connectivity index (χ2n) is 6.89. The van der Waals surface area contributed by atoms with Crippen molar-refractivity contribution in [3.05, 3.63) is 35.9 Å². The van der Waals surface area contributed by atoms with Gasteiger partial charge in [-0.05, 0) is 30.2 Å². The van der Waals surface area contributed by atoms with Gasteiger partial charge in [0.15, 0.2) is 5.60 Å². The van der Waals surface area contributed by atoms with E-state index < -0.39 is 42.3 Å². The Hall–Kier alpha value is -2.42. The van der Waals surface area contributed by atoms with Crippen molar-refractivity contribution < 1.29 is 39.5 Å². The highest BCUT2D eigenvalue weighted by atomic mass is 16.6. The molecule has 0 aliphatic heterocycles. The summed E-state index contributed by atoms with van der Waals surface area (Å²) in [5, 5.41) is 39.9. The molecule has 28 heavy (non-hydrogen) atoms. The van der Waals surface area contributed by atoms with Crippen molar-refractivity contribution in [1.82, 2.24) is 0 Å². The SMILES string of the molecule is CCCCOC(=O)[C@]1(O)C[C@H](OC(=O)/C=C/c2ccc(O)cc2)[C@@H](O)[C@@H](O)C1. The van der Waals surface area contributed by atoms with E-state index in [0.29, 0.717) is 12.0 Å². The predicted octanol–water partition coefficient (Wildman–Crippen LogP) is 0.907. The Labute approximate surface area is 163 Å². The number of hydrogen-bond donors (Lipinski definition) is 4. The van der Waals surface area contributed by atoms with E-state index in [4.69, 9.17) is 9.47 Å². The Balaban J connectivity index is 2.00. The standard InChI is InChI=1S/C20H26O8/c1-2-3-10-27-19(25)20(26)11-15(22)18(24)16(12-20)28-17(23)9-6-13-4-7-14(21)8-5-13/h4-9,15-16,18,21-22,24,26H,2-3,10-12H2,1H3/b9-6+/t15-,16-,18-,20+/m0/s1. The van der Waals surface area contributed by atoms with Crippen molar-refractivity contribution in [3.8, 4) is 5.75 Å². The fraction of sp³-hybridized carbons (Fsp3) is 0.500. The number of hydrogen-bond acceptors (Lipinski definition) is 8. The Kier molecular flexibility index (Phi) is 7.56. The fourth-order valence-electron chi connectivity index (χ4n) is 2.91. The van der Waals surface area contributed by atoms with E-state index in [1.165, 1.54) is 18.2 Å². The summed E-state index contributed by atoms with van der Waals surface area (Å²) < 4.78 is 10.2. The summed E-state index contributed by atoms with van der Waals surface area (Å²) >= 11 is 0. The zero-order chi connectivity index (χ0) is 20.7. The summed E-state index contributed by atoms with van der Waals surface area (Å²) in [7, 11) is 0. The molecule has 8 heteroatoms. The molecule has 1 aliphatic rings. The van der Waals surface area contributed by atoms with Gasteiger partial charge >= 0.3 is 11.9 Å². The molecule has 1 fully saturated rings. The summed E-state index contributed by atoms with van der Waals surface area (Å²) in [6, 6.07) is 6.08. The van der Waals surface area contributed by atoms with Gasteiger partial charge in [-0.1, -0.05) is 25.5 Å². The first-order valence-corrected chi connectivity index (χ1v) is 9.18. The normalized spacial score (nSPS) is 27.5. The molecule has 0 unspecified atom stereocenters. The molecule has 0 bridgehead atoms. The highest BCUT2D eigenvalue weighted by Crippen LogP contribution is 2.32. The molecule has 0 radical (unpaired) electrons. The highest BCUT2D eigenvalue weighted by Gasteiger charge is 2.51. The van der Waals surface area contributed by atoms with Crippen molar-refractivity contribution in [3.63, 3.8) is 0 Å². The Morgan fingerprint density at radius 3 is 2.54 bits per heavy atom. The Morgan fingerprint density at radius 2 is 1.89 bits per heavy atom. The minimum atomic E-state index is -2.04. The zero-order valence-corrected chi connectivity index (χ0v) is 15.7. The molecule has 2 rings (SSSR count). The summed E-state index contributed by atoms with van der Waals surface area (Å²) in [4.78, 5) is 24.2. The van der Waals surface area contributed by atoms with Crippen LogP contribution in [0, 0.1) is 0 Å². The molecule has 4 N–H and O–H groups in total. The molecule has 0 amide bonds. The van der Waals surface area contributed by atoms with E-state index in [0.717, 1.165) is 12.5 Å². The van der Waals surface area contributed by atoms with Crippen LogP contribution in [0.1, 0.15) is 38.2 Å². The first kappa shape index (κ1) is 21.9. The molecular formula is C20H26O8. The molecular weight excluding hydrogens is 368 g/mol. The van der Waals surface area contributed by atoms with E-state index in [2.05, 4.69) is 0 Å². The Bertz CT molecular complexity index is 699. The highest BCUT2D eigenvalue weighted by molar-refractivity contribution is 5.87. The molecule has 4 atom stereocenters. The topological polar surface area (TPSA) is 134 Å².